The Kier molecular flexibility index (Phi) is 2.82. The molecule has 0 amide bonds. The molecule has 0 spiro atoms. The second-order valence-electron chi connectivity index (χ2n) is 4.06. The molecule has 2 N–H and O–H groups in total. The third-order valence-electron chi connectivity index (χ3n) is 2.21. The number of rotatable bonds is 2. The zero-order chi connectivity index (χ0) is 11.8. The van der Waals surface area contributed by atoms with Gasteiger partial charge in [-0.05, 0) is 11.6 Å². The largest absolute Gasteiger partial charge is 0.449 e. The molecular formula is C12H14ClNO2. The Morgan fingerprint density at radius 1 is 1.31 bits per heavy atom. The number of hydrogen-bond acceptors (Lipinski definition) is 3. The predicted molar refractivity (Wildman–Crippen MR) is 64.9 cm³/mol. The van der Waals surface area contributed by atoms with Crippen molar-refractivity contribution in [2.75, 3.05) is 6.54 Å². The monoisotopic (exact) mass is 239 g/mol. The van der Waals surface area contributed by atoms with Gasteiger partial charge in [-0.3, -0.25) is 0 Å². The first-order valence-corrected chi connectivity index (χ1v) is 5.48. The zero-order valence-corrected chi connectivity index (χ0v) is 10.0. The summed E-state index contributed by atoms with van der Waals surface area (Å²) in [5.41, 5.74) is 6.28. The standard InChI is InChI=1S/C12H14ClNO2/c1-12(2)15-10-6-8(4-3-5-14)9(13)7-11(10)16-12/h3-4,6-7H,5,14H2,1-2H3/b4-3+. The number of fused-ring (bicyclic) bond motifs is 1. The van der Waals surface area contributed by atoms with Crippen LogP contribution in [0.1, 0.15) is 19.4 Å². The zero-order valence-electron chi connectivity index (χ0n) is 9.29. The van der Waals surface area contributed by atoms with Crippen LogP contribution in [0.2, 0.25) is 5.02 Å². The molecular weight excluding hydrogens is 226 g/mol. The molecule has 0 fully saturated rings. The average Bonchev–Trinajstić information content (AvgIpc) is 2.47. The van der Waals surface area contributed by atoms with Crippen molar-refractivity contribution in [3.05, 3.63) is 28.8 Å². The lowest BCUT2D eigenvalue weighted by Crippen LogP contribution is -2.29. The van der Waals surface area contributed by atoms with E-state index in [1.54, 1.807) is 6.07 Å². The molecule has 0 aliphatic carbocycles. The molecule has 1 aliphatic heterocycles. The van der Waals surface area contributed by atoms with Crippen molar-refractivity contribution < 1.29 is 9.47 Å². The van der Waals surface area contributed by atoms with Crippen molar-refractivity contribution >= 4 is 17.7 Å². The number of ether oxygens (including phenoxy) is 2. The van der Waals surface area contributed by atoms with Crippen molar-refractivity contribution in [2.45, 2.75) is 19.6 Å². The summed E-state index contributed by atoms with van der Waals surface area (Å²) in [5, 5.41) is 0.629. The van der Waals surface area contributed by atoms with Gasteiger partial charge in [-0.25, -0.2) is 0 Å². The second-order valence-corrected chi connectivity index (χ2v) is 4.47. The summed E-state index contributed by atoms with van der Waals surface area (Å²) in [6.07, 6.45) is 3.71. The van der Waals surface area contributed by atoms with Gasteiger partial charge in [0.2, 0.25) is 5.79 Å². The smallest absolute Gasteiger partial charge is 0.246 e. The highest BCUT2D eigenvalue weighted by Gasteiger charge is 2.32. The predicted octanol–water partition coefficient (Wildman–Crippen LogP) is 2.82. The topological polar surface area (TPSA) is 44.5 Å². The van der Waals surface area contributed by atoms with Crippen molar-refractivity contribution in [3.8, 4) is 11.5 Å². The molecule has 2 rings (SSSR count). The first-order chi connectivity index (χ1) is 7.52. The summed E-state index contributed by atoms with van der Waals surface area (Å²) in [5.74, 6) is 0.771. The molecule has 1 aromatic carbocycles. The summed E-state index contributed by atoms with van der Waals surface area (Å²) in [6, 6.07) is 3.63. The molecule has 0 atom stereocenters. The van der Waals surface area contributed by atoms with Crippen LogP contribution in [-0.2, 0) is 0 Å². The molecule has 0 saturated carbocycles. The van der Waals surface area contributed by atoms with Gasteiger partial charge >= 0.3 is 0 Å². The van der Waals surface area contributed by atoms with E-state index in [4.69, 9.17) is 26.8 Å². The Bertz CT molecular complexity index is 441. The van der Waals surface area contributed by atoms with Crippen LogP contribution in [0.4, 0.5) is 0 Å². The Labute approximate surface area is 99.8 Å². The van der Waals surface area contributed by atoms with Crippen LogP contribution >= 0.6 is 11.6 Å². The molecule has 1 aliphatic rings. The Morgan fingerprint density at radius 2 is 1.94 bits per heavy atom. The van der Waals surface area contributed by atoms with E-state index in [1.165, 1.54) is 0 Å². The SMILES string of the molecule is CC1(C)Oc2cc(Cl)c(/C=C/CN)cc2O1. The third kappa shape index (κ3) is 2.15. The van der Waals surface area contributed by atoms with Gasteiger partial charge in [-0.1, -0.05) is 23.8 Å². The van der Waals surface area contributed by atoms with Crippen molar-refractivity contribution in [1.82, 2.24) is 0 Å². The minimum Gasteiger partial charge on any atom is -0.449 e. The molecule has 1 aromatic rings. The van der Waals surface area contributed by atoms with Crippen LogP contribution < -0.4 is 15.2 Å². The van der Waals surface area contributed by atoms with E-state index in [9.17, 15) is 0 Å². The summed E-state index contributed by atoms with van der Waals surface area (Å²) in [6.45, 7) is 4.20. The lowest BCUT2D eigenvalue weighted by Gasteiger charge is -2.16. The van der Waals surface area contributed by atoms with E-state index < -0.39 is 5.79 Å². The maximum atomic E-state index is 6.11. The first kappa shape index (κ1) is 11.3. The van der Waals surface area contributed by atoms with Gasteiger partial charge in [0, 0.05) is 26.5 Å². The number of hydrogen-bond donors (Lipinski definition) is 1. The summed E-state index contributed by atoms with van der Waals surface area (Å²) < 4.78 is 11.2. The summed E-state index contributed by atoms with van der Waals surface area (Å²) >= 11 is 6.11. The van der Waals surface area contributed by atoms with Crippen molar-refractivity contribution in [1.29, 1.82) is 0 Å². The number of nitrogens with two attached hydrogens (primary N) is 1. The Hall–Kier alpha value is -1.19. The molecule has 0 saturated heterocycles. The minimum absolute atomic E-state index is 0.482. The fraction of sp³-hybridized carbons (Fsp3) is 0.333. The molecule has 1 heterocycles. The van der Waals surface area contributed by atoms with Gasteiger partial charge in [-0.2, -0.15) is 0 Å². The molecule has 0 bridgehead atoms. The normalized spacial score (nSPS) is 17.0. The highest BCUT2D eigenvalue weighted by atomic mass is 35.5. The highest BCUT2D eigenvalue weighted by molar-refractivity contribution is 6.32. The van der Waals surface area contributed by atoms with Gasteiger partial charge in [0.1, 0.15) is 0 Å². The van der Waals surface area contributed by atoms with Crippen LogP contribution in [0, 0.1) is 0 Å². The van der Waals surface area contributed by atoms with Gasteiger partial charge in [0.05, 0.1) is 5.02 Å². The van der Waals surface area contributed by atoms with Gasteiger partial charge < -0.3 is 15.2 Å². The van der Waals surface area contributed by atoms with Crippen LogP contribution in [0.5, 0.6) is 11.5 Å². The van der Waals surface area contributed by atoms with Crippen LogP contribution in [0.3, 0.4) is 0 Å². The highest BCUT2D eigenvalue weighted by Crippen LogP contribution is 2.42. The summed E-state index contributed by atoms with van der Waals surface area (Å²) in [7, 11) is 0. The maximum absolute atomic E-state index is 6.11. The van der Waals surface area contributed by atoms with Crippen LogP contribution in [-0.4, -0.2) is 12.3 Å². The molecule has 0 radical (unpaired) electrons. The maximum Gasteiger partial charge on any atom is 0.246 e. The van der Waals surface area contributed by atoms with Crippen LogP contribution in [0.15, 0.2) is 18.2 Å². The van der Waals surface area contributed by atoms with E-state index in [0.29, 0.717) is 23.1 Å². The molecule has 86 valence electrons. The van der Waals surface area contributed by atoms with E-state index >= 15 is 0 Å². The first-order valence-electron chi connectivity index (χ1n) is 5.10. The average molecular weight is 240 g/mol. The van der Waals surface area contributed by atoms with Gasteiger partial charge in [0.25, 0.3) is 0 Å². The molecule has 16 heavy (non-hydrogen) atoms. The molecule has 0 aromatic heterocycles. The van der Waals surface area contributed by atoms with Crippen molar-refractivity contribution in [2.24, 2.45) is 5.73 Å². The Balaban J connectivity index is 2.37. The Morgan fingerprint density at radius 3 is 2.56 bits per heavy atom. The van der Waals surface area contributed by atoms with Crippen molar-refractivity contribution in [3.63, 3.8) is 0 Å². The number of benzene rings is 1. The summed E-state index contributed by atoms with van der Waals surface area (Å²) in [4.78, 5) is 0. The van der Waals surface area contributed by atoms with E-state index in [-0.39, 0.29) is 0 Å². The minimum atomic E-state index is -0.623. The van der Waals surface area contributed by atoms with Gasteiger partial charge in [0.15, 0.2) is 11.5 Å². The fourth-order valence-electron chi connectivity index (χ4n) is 1.58. The van der Waals surface area contributed by atoms with Crippen LogP contribution in [0.25, 0.3) is 6.08 Å². The van der Waals surface area contributed by atoms with E-state index in [0.717, 1.165) is 5.56 Å². The quantitative estimate of drug-likeness (QED) is 0.863. The second kappa shape index (κ2) is 4.00. The fourth-order valence-corrected chi connectivity index (χ4v) is 1.80. The lowest BCUT2D eigenvalue weighted by molar-refractivity contribution is -0.0431. The van der Waals surface area contributed by atoms with E-state index in [1.807, 2.05) is 32.1 Å². The van der Waals surface area contributed by atoms with Gasteiger partial charge in [-0.15, -0.1) is 0 Å². The van der Waals surface area contributed by atoms with E-state index in [2.05, 4.69) is 0 Å². The number of halogens is 1. The molecule has 0 unspecified atom stereocenters. The molecule has 3 nitrogen and oxygen atoms in total. The third-order valence-corrected chi connectivity index (χ3v) is 2.54. The lowest BCUT2D eigenvalue weighted by atomic mass is 10.2. The molecule has 4 heteroatoms.